The zero-order valence-electron chi connectivity index (χ0n) is 6.80. The van der Waals surface area contributed by atoms with Crippen molar-refractivity contribution in [1.82, 2.24) is 0 Å². The van der Waals surface area contributed by atoms with Gasteiger partial charge in [-0.05, 0) is 12.1 Å². The third-order valence-corrected chi connectivity index (χ3v) is 1.60. The number of nitrogens with two attached hydrogens (primary N) is 1. The number of rotatable bonds is 2. The highest BCUT2D eigenvalue weighted by Gasteiger charge is 2.24. The summed E-state index contributed by atoms with van der Waals surface area (Å²) in [6, 6.07) is 2.06. The second-order valence-corrected chi connectivity index (χ2v) is 2.46. The Morgan fingerprint density at radius 3 is 2.50 bits per heavy atom. The molecule has 1 rings (SSSR count). The molecule has 0 radical (unpaired) electrons. The third-order valence-electron chi connectivity index (χ3n) is 1.60. The lowest BCUT2D eigenvalue weighted by atomic mass is 10.1. The molecule has 1 aromatic rings. The SMILES string of the molecule is Nc1ccc(C(=O)O)c(O)c1[N+](=O)[O-]. The van der Waals surface area contributed by atoms with E-state index in [1.54, 1.807) is 0 Å². The van der Waals surface area contributed by atoms with Crippen LogP contribution < -0.4 is 5.73 Å². The van der Waals surface area contributed by atoms with Crippen molar-refractivity contribution in [2.24, 2.45) is 0 Å². The molecular weight excluding hydrogens is 192 g/mol. The van der Waals surface area contributed by atoms with Crippen molar-refractivity contribution in [3.63, 3.8) is 0 Å². The molecule has 0 spiro atoms. The minimum atomic E-state index is -1.45. The maximum absolute atomic E-state index is 10.5. The molecule has 7 nitrogen and oxygen atoms in total. The highest BCUT2D eigenvalue weighted by molar-refractivity contribution is 5.94. The fourth-order valence-corrected chi connectivity index (χ4v) is 0.960. The highest BCUT2D eigenvalue weighted by atomic mass is 16.6. The van der Waals surface area contributed by atoms with Gasteiger partial charge >= 0.3 is 11.7 Å². The maximum Gasteiger partial charge on any atom is 0.339 e. The van der Waals surface area contributed by atoms with Crippen LogP contribution in [-0.2, 0) is 0 Å². The van der Waals surface area contributed by atoms with Gasteiger partial charge in [0.2, 0.25) is 5.75 Å². The summed E-state index contributed by atoms with van der Waals surface area (Å²) in [7, 11) is 0. The smallest absolute Gasteiger partial charge is 0.339 e. The Balaban J connectivity index is 3.49. The molecule has 0 heterocycles. The van der Waals surface area contributed by atoms with Gasteiger partial charge in [0.15, 0.2) is 0 Å². The van der Waals surface area contributed by atoms with E-state index in [9.17, 15) is 20.0 Å². The van der Waals surface area contributed by atoms with Crippen LogP contribution in [-0.4, -0.2) is 21.1 Å². The number of anilines is 1. The Bertz CT molecular complexity index is 415. The van der Waals surface area contributed by atoms with E-state index in [2.05, 4.69) is 0 Å². The second kappa shape index (κ2) is 3.21. The Morgan fingerprint density at radius 2 is 2.07 bits per heavy atom. The minimum Gasteiger partial charge on any atom is -0.501 e. The van der Waals surface area contributed by atoms with Crippen LogP contribution in [0.2, 0.25) is 0 Å². The van der Waals surface area contributed by atoms with Crippen LogP contribution in [0.1, 0.15) is 10.4 Å². The topological polar surface area (TPSA) is 127 Å². The molecule has 74 valence electrons. The van der Waals surface area contributed by atoms with Crippen molar-refractivity contribution in [2.75, 3.05) is 5.73 Å². The molecule has 0 aliphatic carbocycles. The summed E-state index contributed by atoms with van der Waals surface area (Å²) >= 11 is 0. The molecule has 14 heavy (non-hydrogen) atoms. The first kappa shape index (κ1) is 9.78. The van der Waals surface area contributed by atoms with Gasteiger partial charge in [0.25, 0.3) is 0 Å². The fourth-order valence-electron chi connectivity index (χ4n) is 0.960. The fraction of sp³-hybridized carbons (Fsp3) is 0. The van der Waals surface area contributed by atoms with Gasteiger partial charge in [0, 0.05) is 0 Å². The summed E-state index contributed by atoms with van der Waals surface area (Å²) in [4.78, 5) is 19.9. The van der Waals surface area contributed by atoms with E-state index in [4.69, 9.17) is 10.8 Å². The molecule has 0 aromatic heterocycles. The first-order valence-corrected chi connectivity index (χ1v) is 3.44. The predicted octanol–water partition coefficient (Wildman–Crippen LogP) is 0.581. The normalized spacial score (nSPS) is 9.71. The minimum absolute atomic E-state index is 0.280. The second-order valence-electron chi connectivity index (χ2n) is 2.46. The number of phenols is 1. The number of carboxylic acids is 1. The number of nitro groups is 1. The zero-order chi connectivity index (χ0) is 10.9. The average Bonchev–Trinajstić information content (AvgIpc) is 2.02. The lowest BCUT2D eigenvalue weighted by molar-refractivity contribution is -0.384. The van der Waals surface area contributed by atoms with Crippen LogP contribution in [0.25, 0.3) is 0 Å². The van der Waals surface area contributed by atoms with Crippen molar-refractivity contribution in [3.05, 3.63) is 27.8 Å². The van der Waals surface area contributed by atoms with Gasteiger partial charge in [-0.15, -0.1) is 0 Å². The van der Waals surface area contributed by atoms with E-state index >= 15 is 0 Å². The lowest BCUT2D eigenvalue weighted by Gasteiger charge is -2.02. The number of benzene rings is 1. The van der Waals surface area contributed by atoms with Gasteiger partial charge in [0.1, 0.15) is 11.3 Å². The van der Waals surface area contributed by atoms with Crippen molar-refractivity contribution in [3.8, 4) is 5.75 Å². The van der Waals surface area contributed by atoms with Crippen LogP contribution in [0.15, 0.2) is 12.1 Å². The number of hydrogen-bond donors (Lipinski definition) is 3. The van der Waals surface area contributed by atoms with E-state index in [0.29, 0.717) is 0 Å². The molecule has 0 aliphatic heterocycles. The molecular formula is C7H6N2O5. The summed E-state index contributed by atoms with van der Waals surface area (Å²) < 4.78 is 0. The van der Waals surface area contributed by atoms with E-state index in [0.717, 1.165) is 12.1 Å². The number of nitrogen functional groups attached to an aromatic ring is 1. The molecule has 0 unspecified atom stereocenters. The monoisotopic (exact) mass is 198 g/mol. The molecule has 0 bridgehead atoms. The Kier molecular flexibility index (Phi) is 2.24. The first-order chi connectivity index (χ1) is 6.45. The summed E-state index contributed by atoms with van der Waals surface area (Å²) in [5, 5.41) is 28.1. The Labute approximate surface area is 77.5 Å². The van der Waals surface area contributed by atoms with Gasteiger partial charge < -0.3 is 15.9 Å². The highest BCUT2D eigenvalue weighted by Crippen LogP contribution is 2.34. The summed E-state index contributed by atoms with van der Waals surface area (Å²) in [5.74, 6) is -2.38. The van der Waals surface area contributed by atoms with Crippen molar-refractivity contribution in [1.29, 1.82) is 0 Å². The predicted molar refractivity (Wildman–Crippen MR) is 46.1 cm³/mol. The van der Waals surface area contributed by atoms with Gasteiger partial charge in [-0.3, -0.25) is 10.1 Å². The molecule has 0 aliphatic rings. The van der Waals surface area contributed by atoms with E-state index < -0.39 is 27.9 Å². The molecule has 7 heteroatoms. The Hall–Kier alpha value is -2.31. The van der Waals surface area contributed by atoms with E-state index in [-0.39, 0.29) is 5.69 Å². The molecule has 0 saturated heterocycles. The zero-order valence-corrected chi connectivity index (χ0v) is 6.80. The number of nitrogens with zero attached hydrogens (tertiary/aromatic N) is 1. The van der Waals surface area contributed by atoms with Gasteiger partial charge in [-0.1, -0.05) is 0 Å². The average molecular weight is 198 g/mol. The quantitative estimate of drug-likeness (QED) is 0.362. The van der Waals surface area contributed by atoms with E-state index in [1.807, 2.05) is 0 Å². The maximum atomic E-state index is 10.5. The van der Waals surface area contributed by atoms with Gasteiger partial charge in [-0.2, -0.15) is 0 Å². The van der Waals surface area contributed by atoms with Gasteiger partial charge in [-0.25, -0.2) is 4.79 Å². The van der Waals surface area contributed by atoms with Crippen LogP contribution in [0.4, 0.5) is 11.4 Å². The van der Waals surface area contributed by atoms with Gasteiger partial charge in [0.05, 0.1) is 4.92 Å². The number of hydrogen-bond acceptors (Lipinski definition) is 5. The largest absolute Gasteiger partial charge is 0.501 e. The van der Waals surface area contributed by atoms with Crippen molar-refractivity contribution in [2.45, 2.75) is 0 Å². The lowest BCUT2D eigenvalue weighted by Crippen LogP contribution is -2.02. The molecule has 4 N–H and O–H groups in total. The molecule has 1 aromatic carbocycles. The number of carbonyl (C=O) groups is 1. The molecule has 0 fully saturated rings. The van der Waals surface area contributed by atoms with Crippen LogP contribution >= 0.6 is 0 Å². The third kappa shape index (κ3) is 1.42. The number of nitro benzene ring substituents is 1. The number of aromatic hydroxyl groups is 1. The van der Waals surface area contributed by atoms with Crippen LogP contribution in [0.3, 0.4) is 0 Å². The van der Waals surface area contributed by atoms with E-state index in [1.165, 1.54) is 0 Å². The Morgan fingerprint density at radius 1 is 1.50 bits per heavy atom. The summed E-state index contributed by atoms with van der Waals surface area (Å²) in [5.41, 5.74) is 3.58. The molecule has 0 saturated carbocycles. The summed E-state index contributed by atoms with van der Waals surface area (Å²) in [6.07, 6.45) is 0. The van der Waals surface area contributed by atoms with Crippen molar-refractivity contribution < 1.29 is 19.9 Å². The summed E-state index contributed by atoms with van der Waals surface area (Å²) in [6.45, 7) is 0. The molecule has 0 atom stereocenters. The number of aromatic carboxylic acids is 1. The van der Waals surface area contributed by atoms with Crippen molar-refractivity contribution >= 4 is 17.3 Å². The number of carboxylic acid groups (broad SMARTS) is 1. The first-order valence-electron chi connectivity index (χ1n) is 3.44. The van der Waals surface area contributed by atoms with Crippen LogP contribution in [0.5, 0.6) is 5.75 Å². The standard InChI is InChI=1S/C7H6N2O5/c8-4-2-1-3(7(11)12)6(10)5(4)9(13)14/h1-2,10H,8H2,(H,11,12). The van der Waals surface area contributed by atoms with Crippen LogP contribution in [0, 0.1) is 10.1 Å². The molecule has 0 amide bonds.